The van der Waals surface area contributed by atoms with Crippen LogP contribution in [0.5, 0.6) is 5.88 Å². The summed E-state index contributed by atoms with van der Waals surface area (Å²) in [5.74, 6) is -1.62. The van der Waals surface area contributed by atoms with Gasteiger partial charge in [0.15, 0.2) is 11.6 Å². The van der Waals surface area contributed by atoms with E-state index in [0.717, 1.165) is 37.8 Å². The van der Waals surface area contributed by atoms with E-state index in [0.29, 0.717) is 62.8 Å². The number of rotatable bonds is 4. The Morgan fingerprint density at radius 3 is 2.56 bits per heavy atom. The number of piperidine rings is 2. The molecule has 0 bridgehead atoms. The third kappa shape index (κ3) is 4.38. The number of aromatic nitrogens is 2. The molecule has 1 aromatic carbocycles. The number of hydrogen-bond donors (Lipinski definition) is 1. The average molecular weight is 475 g/mol. The number of halogens is 2. The van der Waals surface area contributed by atoms with Crippen LogP contribution in [0.15, 0.2) is 29.1 Å². The number of nitrogens with zero attached hydrogens (tertiary/aromatic N) is 3. The minimum Gasteiger partial charge on any atom is -0.473 e. The summed E-state index contributed by atoms with van der Waals surface area (Å²) in [6.45, 7) is 2.36. The van der Waals surface area contributed by atoms with Crippen molar-refractivity contribution in [2.75, 3.05) is 36.1 Å². The highest BCUT2D eigenvalue weighted by Crippen LogP contribution is 2.41. The van der Waals surface area contributed by atoms with Gasteiger partial charge in [0, 0.05) is 50.2 Å². The van der Waals surface area contributed by atoms with Crippen LogP contribution in [0.25, 0.3) is 0 Å². The molecule has 10 heteroatoms. The molecule has 34 heavy (non-hydrogen) atoms. The molecule has 3 saturated heterocycles. The summed E-state index contributed by atoms with van der Waals surface area (Å²) in [4.78, 5) is 29.1. The Morgan fingerprint density at radius 2 is 1.82 bits per heavy atom. The predicted octanol–water partition coefficient (Wildman–Crippen LogP) is 3.16. The molecule has 3 fully saturated rings. The van der Waals surface area contributed by atoms with E-state index < -0.39 is 17.2 Å². The summed E-state index contributed by atoms with van der Waals surface area (Å²) in [7, 11) is 0. The maximum absolute atomic E-state index is 14.0. The highest BCUT2D eigenvalue weighted by Gasteiger charge is 2.45. The van der Waals surface area contributed by atoms with Gasteiger partial charge >= 0.3 is 0 Å². The number of aromatic amines is 1. The van der Waals surface area contributed by atoms with Gasteiger partial charge in [0.05, 0.1) is 18.8 Å². The quantitative estimate of drug-likeness (QED) is 0.733. The van der Waals surface area contributed by atoms with Crippen LogP contribution in [0, 0.1) is 11.6 Å². The van der Waals surface area contributed by atoms with Crippen LogP contribution in [0.4, 0.5) is 20.2 Å². The Bertz CT molecular complexity index is 1110. The molecule has 0 unspecified atom stereocenters. The minimum atomic E-state index is -0.969. The van der Waals surface area contributed by atoms with Crippen molar-refractivity contribution in [3.05, 3.63) is 46.3 Å². The first-order chi connectivity index (χ1) is 16.4. The van der Waals surface area contributed by atoms with Gasteiger partial charge in [-0.3, -0.25) is 9.59 Å². The summed E-state index contributed by atoms with van der Waals surface area (Å²) in [5.41, 5.74) is 0.0731. The van der Waals surface area contributed by atoms with Crippen LogP contribution in [-0.4, -0.2) is 54.1 Å². The van der Waals surface area contributed by atoms with Gasteiger partial charge < -0.3 is 19.3 Å². The first-order valence-electron chi connectivity index (χ1n) is 11.8. The van der Waals surface area contributed by atoms with Gasteiger partial charge in [0.1, 0.15) is 11.8 Å². The van der Waals surface area contributed by atoms with Gasteiger partial charge in [-0.15, -0.1) is 5.10 Å². The third-order valence-electron chi connectivity index (χ3n) is 7.17. The zero-order valence-electron chi connectivity index (χ0n) is 18.9. The van der Waals surface area contributed by atoms with E-state index >= 15 is 0 Å². The average Bonchev–Trinajstić information content (AvgIpc) is 2.84. The van der Waals surface area contributed by atoms with Crippen LogP contribution >= 0.6 is 0 Å². The fourth-order valence-corrected chi connectivity index (χ4v) is 5.37. The van der Waals surface area contributed by atoms with Crippen molar-refractivity contribution in [1.29, 1.82) is 0 Å². The molecule has 1 N–H and O–H groups in total. The molecule has 182 valence electrons. The van der Waals surface area contributed by atoms with Crippen molar-refractivity contribution in [2.45, 2.75) is 56.6 Å². The Hall–Kier alpha value is -3.01. The fourth-order valence-electron chi connectivity index (χ4n) is 5.37. The van der Waals surface area contributed by atoms with E-state index in [1.165, 1.54) is 6.07 Å². The molecule has 3 aliphatic rings. The van der Waals surface area contributed by atoms with E-state index in [-0.39, 0.29) is 17.6 Å². The van der Waals surface area contributed by atoms with Gasteiger partial charge in [-0.05, 0) is 37.8 Å². The van der Waals surface area contributed by atoms with Crippen LogP contribution < -0.4 is 20.1 Å². The standard InChI is InChI=1S/C24H28F2N4O4/c25-18-4-3-16(14-19(18)26)30-22(31)2-1-7-24(30)8-10-29(11-9-24)20-15-21(27-28-23(20)32)34-17-5-12-33-13-6-17/h3-4,14-15,17H,1-2,5-13H2,(H,28,32). The number of carbonyl (C=O) groups excluding carboxylic acids is 1. The molecule has 2 aromatic rings. The fraction of sp³-hybridized carbons (Fsp3) is 0.542. The van der Waals surface area contributed by atoms with Crippen LogP contribution in [-0.2, 0) is 9.53 Å². The third-order valence-corrected chi connectivity index (χ3v) is 7.17. The van der Waals surface area contributed by atoms with Crippen molar-refractivity contribution in [3.8, 4) is 5.88 Å². The van der Waals surface area contributed by atoms with Gasteiger partial charge in [-0.2, -0.15) is 0 Å². The predicted molar refractivity (Wildman–Crippen MR) is 121 cm³/mol. The molecule has 1 amide bonds. The summed E-state index contributed by atoms with van der Waals surface area (Å²) >= 11 is 0. The van der Waals surface area contributed by atoms with Gasteiger partial charge in [-0.25, -0.2) is 13.9 Å². The molecular weight excluding hydrogens is 446 g/mol. The Kier molecular flexibility index (Phi) is 6.24. The second-order valence-corrected chi connectivity index (χ2v) is 9.24. The molecule has 1 aromatic heterocycles. The second kappa shape index (κ2) is 9.32. The number of anilines is 2. The lowest BCUT2D eigenvalue weighted by atomic mass is 9.77. The monoisotopic (exact) mass is 474 g/mol. The van der Waals surface area contributed by atoms with E-state index in [4.69, 9.17) is 9.47 Å². The zero-order valence-corrected chi connectivity index (χ0v) is 18.9. The minimum absolute atomic E-state index is 0.00235. The summed E-state index contributed by atoms with van der Waals surface area (Å²) in [6, 6.07) is 5.29. The van der Waals surface area contributed by atoms with Gasteiger partial charge in [0.2, 0.25) is 11.8 Å². The highest BCUT2D eigenvalue weighted by molar-refractivity contribution is 5.95. The summed E-state index contributed by atoms with van der Waals surface area (Å²) < 4.78 is 38.8. The number of nitrogens with one attached hydrogen (secondary N) is 1. The van der Waals surface area contributed by atoms with Crippen LogP contribution in [0.3, 0.4) is 0 Å². The van der Waals surface area contributed by atoms with Crippen molar-refractivity contribution in [1.82, 2.24) is 10.2 Å². The summed E-state index contributed by atoms with van der Waals surface area (Å²) in [5, 5.41) is 6.58. The molecule has 8 nitrogen and oxygen atoms in total. The van der Waals surface area contributed by atoms with Crippen LogP contribution in [0.2, 0.25) is 0 Å². The molecule has 0 saturated carbocycles. The van der Waals surface area contributed by atoms with Gasteiger partial charge in [0.25, 0.3) is 5.56 Å². The maximum atomic E-state index is 14.0. The molecule has 0 atom stereocenters. The Labute approximate surface area is 195 Å². The number of ether oxygens (including phenoxy) is 2. The number of carbonyl (C=O) groups is 1. The van der Waals surface area contributed by atoms with Crippen molar-refractivity contribution < 1.29 is 23.0 Å². The molecule has 4 heterocycles. The summed E-state index contributed by atoms with van der Waals surface area (Å²) in [6.07, 6.45) is 4.66. The second-order valence-electron chi connectivity index (χ2n) is 9.24. The highest BCUT2D eigenvalue weighted by atomic mass is 19.2. The molecule has 0 radical (unpaired) electrons. The largest absolute Gasteiger partial charge is 0.473 e. The lowest BCUT2D eigenvalue weighted by Gasteiger charge is -2.51. The Morgan fingerprint density at radius 1 is 1.06 bits per heavy atom. The molecule has 5 rings (SSSR count). The maximum Gasteiger partial charge on any atom is 0.287 e. The smallest absolute Gasteiger partial charge is 0.287 e. The van der Waals surface area contributed by atoms with E-state index in [1.54, 1.807) is 11.0 Å². The number of benzene rings is 1. The lowest BCUT2D eigenvalue weighted by Crippen LogP contribution is -2.60. The van der Waals surface area contributed by atoms with Crippen molar-refractivity contribution >= 4 is 17.3 Å². The SMILES string of the molecule is O=C1CCCC2(CCN(c3cc(OC4CCOCC4)n[nH]c3=O)CC2)N1c1ccc(F)c(F)c1. The van der Waals surface area contributed by atoms with E-state index in [1.807, 2.05) is 4.90 Å². The van der Waals surface area contributed by atoms with Crippen molar-refractivity contribution in [2.24, 2.45) is 0 Å². The molecule has 3 aliphatic heterocycles. The first kappa shape index (κ1) is 22.8. The topological polar surface area (TPSA) is 87.8 Å². The number of H-pyrrole nitrogens is 1. The number of hydrogen-bond acceptors (Lipinski definition) is 6. The van der Waals surface area contributed by atoms with E-state index in [2.05, 4.69) is 10.2 Å². The van der Waals surface area contributed by atoms with Gasteiger partial charge in [-0.1, -0.05) is 0 Å². The first-order valence-corrected chi connectivity index (χ1v) is 11.8. The molecular formula is C24H28F2N4O4. The zero-order chi connectivity index (χ0) is 23.7. The number of amides is 1. The van der Waals surface area contributed by atoms with Crippen LogP contribution in [0.1, 0.15) is 44.9 Å². The van der Waals surface area contributed by atoms with E-state index in [9.17, 15) is 18.4 Å². The lowest BCUT2D eigenvalue weighted by molar-refractivity contribution is -0.121. The molecule has 1 spiro atoms. The molecule has 0 aliphatic carbocycles. The Balaban J connectivity index is 1.34. The normalized spacial score (nSPS) is 21.2. The van der Waals surface area contributed by atoms with Crippen molar-refractivity contribution in [3.63, 3.8) is 0 Å².